The van der Waals surface area contributed by atoms with Crippen molar-refractivity contribution in [1.82, 2.24) is 4.98 Å². The molecule has 1 saturated carbocycles. The number of nitrogens with zero attached hydrogens (tertiary/aromatic N) is 1. The monoisotopic (exact) mass is 436 g/mol. The molecule has 1 aliphatic heterocycles. The molecule has 2 aliphatic rings. The summed E-state index contributed by atoms with van der Waals surface area (Å²) in [5, 5.41) is 12.6. The molecule has 2 N–H and O–H groups in total. The molecule has 0 radical (unpaired) electrons. The first-order valence-electron chi connectivity index (χ1n) is 10.2. The number of carbonyl (C=O) groups is 1. The van der Waals surface area contributed by atoms with Crippen molar-refractivity contribution >= 4 is 17.3 Å². The molecular formula is C22H23F3N2O4. The van der Waals surface area contributed by atoms with E-state index in [0.29, 0.717) is 37.5 Å². The van der Waals surface area contributed by atoms with Crippen molar-refractivity contribution in [3.05, 3.63) is 47.3 Å². The van der Waals surface area contributed by atoms with Crippen molar-refractivity contribution in [2.24, 2.45) is 0 Å². The van der Waals surface area contributed by atoms with Gasteiger partial charge in [0.05, 0.1) is 17.4 Å². The molecule has 0 spiro atoms. The molecule has 1 aromatic heterocycles. The van der Waals surface area contributed by atoms with Crippen molar-refractivity contribution in [1.29, 1.82) is 0 Å². The molecule has 1 aliphatic carbocycles. The molecule has 0 atom stereocenters. The molecule has 31 heavy (non-hydrogen) atoms. The Bertz CT molecular complexity index is 954. The Morgan fingerprint density at radius 3 is 2.52 bits per heavy atom. The Balaban J connectivity index is 1.69. The first-order chi connectivity index (χ1) is 14.8. The summed E-state index contributed by atoms with van der Waals surface area (Å²) in [5.74, 6) is -0.753. The average molecular weight is 436 g/mol. The number of anilines is 2. The molecule has 6 nitrogen and oxygen atoms in total. The number of carboxylic acid groups (broad SMARTS) is 1. The van der Waals surface area contributed by atoms with E-state index in [2.05, 4.69) is 10.3 Å². The van der Waals surface area contributed by atoms with Gasteiger partial charge in [-0.05, 0) is 55.2 Å². The number of ether oxygens (including phenoxy) is 2. The van der Waals surface area contributed by atoms with Crippen LogP contribution >= 0.6 is 0 Å². The number of nitrogens with one attached hydrogen (secondary N) is 1. The summed E-state index contributed by atoms with van der Waals surface area (Å²) in [4.78, 5) is 16.0. The lowest BCUT2D eigenvalue weighted by atomic mass is 9.92. The standard InChI is InChI=1S/C22H23F3N2O4/c23-22(24,25)12-31-20-17(14-5-7-30-8-6-14)10-26-11-19(20)27-18-4-3-15(13-1-2-13)9-16(18)21(28)29/h3-4,9-11,13-14,27H,1-2,5-8,12H2,(H,28,29). The fourth-order valence-corrected chi connectivity index (χ4v) is 3.83. The molecule has 0 unspecified atom stereocenters. The van der Waals surface area contributed by atoms with Crippen LogP contribution in [0, 0.1) is 0 Å². The van der Waals surface area contributed by atoms with E-state index in [1.165, 1.54) is 12.4 Å². The average Bonchev–Trinajstić information content (AvgIpc) is 3.58. The van der Waals surface area contributed by atoms with Crippen LogP contribution in [0.2, 0.25) is 0 Å². The van der Waals surface area contributed by atoms with Gasteiger partial charge in [0.1, 0.15) is 11.4 Å². The van der Waals surface area contributed by atoms with Crippen LogP contribution < -0.4 is 10.1 Å². The highest BCUT2D eigenvalue weighted by molar-refractivity contribution is 5.95. The zero-order chi connectivity index (χ0) is 22.0. The highest BCUT2D eigenvalue weighted by Crippen LogP contribution is 2.43. The van der Waals surface area contributed by atoms with Gasteiger partial charge < -0.3 is 19.9 Å². The van der Waals surface area contributed by atoms with Crippen molar-refractivity contribution in [3.63, 3.8) is 0 Å². The van der Waals surface area contributed by atoms with E-state index in [-0.39, 0.29) is 28.6 Å². The summed E-state index contributed by atoms with van der Waals surface area (Å²) in [6, 6.07) is 5.11. The normalized spacial score (nSPS) is 17.4. The van der Waals surface area contributed by atoms with Gasteiger partial charge in [-0.15, -0.1) is 0 Å². The van der Waals surface area contributed by atoms with Crippen LogP contribution in [0.5, 0.6) is 5.75 Å². The number of alkyl halides is 3. The lowest BCUT2D eigenvalue weighted by Gasteiger charge is -2.26. The number of benzene rings is 1. The summed E-state index contributed by atoms with van der Waals surface area (Å²) in [7, 11) is 0. The lowest BCUT2D eigenvalue weighted by molar-refractivity contribution is -0.153. The summed E-state index contributed by atoms with van der Waals surface area (Å²) in [6.45, 7) is -0.437. The number of rotatable bonds is 7. The Morgan fingerprint density at radius 2 is 1.87 bits per heavy atom. The van der Waals surface area contributed by atoms with Crippen molar-refractivity contribution in [2.45, 2.75) is 43.7 Å². The fraction of sp³-hybridized carbons (Fsp3) is 0.455. The number of hydrogen-bond donors (Lipinski definition) is 2. The summed E-state index contributed by atoms with van der Waals surface area (Å²) in [5.41, 5.74) is 2.05. The molecule has 1 saturated heterocycles. The van der Waals surface area contributed by atoms with Crippen LogP contribution in [-0.2, 0) is 4.74 Å². The van der Waals surface area contributed by atoms with Crippen LogP contribution in [0.4, 0.5) is 24.5 Å². The van der Waals surface area contributed by atoms with Crippen LogP contribution in [-0.4, -0.2) is 42.1 Å². The van der Waals surface area contributed by atoms with Gasteiger partial charge in [0.15, 0.2) is 6.61 Å². The van der Waals surface area contributed by atoms with Gasteiger partial charge in [0.25, 0.3) is 0 Å². The second-order valence-corrected chi connectivity index (χ2v) is 7.91. The molecular weight excluding hydrogens is 413 g/mol. The topological polar surface area (TPSA) is 80.7 Å². The maximum atomic E-state index is 12.9. The first kappa shape index (κ1) is 21.4. The van der Waals surface area contributed by atoms with Crippen molar-refractivity contribution in [2.75, 3.05) is 25.1 Å². The molecule has 4 rings (SSSR count). The van der Waals surface area contributed by atoms with Crippen LogP contribution in [0.1, 0.15) is 59.0 Å². The number of aromatic carboxylic acids is 1. The molecule has 2 aromatic rings. The SMILES string of the molecule is O=C(O)c1cc(C2CC2)ccc1Nc1cncc(C2CCOCC2)c1OCC(F)(F)F. The van der Waals surface area contributed by atoms with E-state index in [9.17, 15) is 23.1 Å². The van der Waals surface area contributed by atoms with Crippen LogP contribution in [0.15, 0.2) is 30.6 Å². The molecule has 0 bridgehead atoms. The Hall–Kier alpha value is -2.81. The van der Waals surface area contributed by atoms with E-state index in [0.717, 1.165) is 18.4 Å². The molecule has 2 fully saturated rings. The number of hydrogen-bond acceptors (Lipinski definition) is 5. The zero-order valence-electron chi connectivity index (χ0n) is 16.7. The maximum Gasteiger partial charge on any atom is 0.422 e. The zero-order valence-corrected chi connectivity index (χ0v) is 16.7. The van der Waals surface area contributed by atoms with Gasteiger partial charge in [-0.3, -0.25) is 4.98 Å². The third-order valence-corrected chi connectivity index (χ3v) is 5.56. The largest absolute Gasteiger partial charge is 0.482 e. The predicted octanol–water partition coefficient (Wildman–Crippen LogP) is 5.24. The van der Waals surface area contributed by atoms with E-state index >= 15 is 0 Å². The molecule has 0 amide bonds. The smallest absolute Gasteiger partial charge is 0.422 e. The van der Waals surface area contributed by atoms with Gasteiger partial charge in [-0.1, -0.05) is 6.07 Å². The summed E-state index contributed by atoms with van der Waals surface area (Å²) in [6.07, 6.45) is 1.70. The highest BCUT2D eigenvalue weighted by Gasteiger charge is 2.31. The van der Waals surface area contributed by atoms with Gasteiger partial charge >= 0.3 is 12.1 Å². The number of pyridine rings is 1. The summed E-state index contributed by atoms with van der Waals surface area (Å²) >= 11 is 0. The fourth-order valence-electron chi connectivity index (χ4n) is 3.83. The van der Waals surface area contributed by atoms with Crippen molar-refractivity contribution < 1.29 is 32.5 Å². The quantitative estimate of drug-likeness (QED) is 0.618. The van der Waals surface area contributed by atoms with E-state index in [4.69, 9.17) is 9.47 Å². The molecule has 1 aromatic carbocycles. The van der Waals surface area contributed by atoms with Gasteiger partial charge in [0, 0.05) is 25.0 Å². The Labute approximate surface area is 177 Å². The van der Waals surface area contributed by atoms with Crippen LogP contribution in [0.3, 0.4) is 0 Å². The number of halogens is 3. The molecule has 2 heterocycles. The third-order valence-electron chi connectivity index (χ3n) is 5.56. The van der Waals surface area contributed by atoms with Gasteiger partial charge in [0.2, 0.25) is 0 Å². The van der Waals surface area contributed by atoms with E-state index in [1.807, 2.05) is 6.07 Å². The number of carboxylic acids is 1. The van der Waals surface area contributed by atoms with Crippen molar-refractivity contribution in [3.8, 4) is 5.75 Å². The third kappa shape index (κ3) is 5.28. The predicted molar refractivity (Wildman–Crippen MR) is 107 cm³/mol. The Morgan fingerprint density at radius 1 is 1.13 bits per heavy atom. The summed E-state index contributed by atoms with van der Waals surface area (Å²) < 4.78 is 49.3. The maximum absolute atomic E-state index is 12.9. The Kier molecular flexibility index (Phi) is 6.04. The first-order valence-corrected chi connectivity index (χ1v) is 10.2. The second-order valence-electron chi connectivity index (χ2n) is 7.91. The lowest BCUT2D eigenvalue weighted by Crippen LogP contribution is -2.22. The van der Waals surface area contributed by atoms with E-state index < -0.39 is 18.8 Å². The minimum absolute atomic E-state index is 0.0434. The molecule has 166 valence electrons. The number of aromatic nitrogens is 1. The minimum Gasteiger partial charge on any atom is -0.482 e. The van der Waals surface area contributed by atoms with E-state index in [1.54, 1.807) is 12.1 Å². The van der Waals surface area contributed by atoms with Gasteiger partial charge in [-0.25, -0.2) is 4.79 Å². The molecule has 9 heteroatoms. The highest BCUT2D eigenvalue weighted by atomic mass is 19.4. The minimum atomic E-state index is -4.51. The second kappa shape index (κ2) is 8.74. The van der Waals surface area contributed by atoms with Gasteiger partial charge in [-0.2, -0.15) is 13.2 Å². The van der Waals surface area contributed by atoms with Crippen LogP contribution in [0.25, 0.3) is 0 Å².